The maximum Gasteiger partial charge on any atom is 0.321 e. The lowest BCUT2D eigenvalue weighted by molar-refractivity contribution is -0.142. The molecule has 0 amide bonds. The maximum absolute atomic E-state index is 12.2. The number of nitrogens with one attached hydrogen (secondary N) is 1. The van der Waals surface area contributed by atoms with Crippen molar-refractivity contribution in [3.8, 4) is 11.5 Å². The molecule has 0 spiro atoms. The minimum Gasteiger partial charge on any atom is -0.494 e. The first-order chi connectivity index (χ1) is 12.9. The molecule has 9 heteroatoms. The second kappa shape index (κ2) is 10.1. The standard InChI is InChI=1S/C18H20ClNO6S/c1-2-24-15-7-9-17(10-8-15)27(22,23)20-13-18(21)26-12-11-25-16-5-3-14(19)4-6-16/h3-10,20H,2,11-13H2,1H3. The molecule has 2 aromatic rings. The third-order valence-corrected chi connectivity index (χ3v) is 4.95. The zero-order valence-electron chi connectivity index (χ0n) is 14.7. The van der Waals surface area contributed by atoms with E-state index in [1.165, 1.54) is 12.1 Å². The van der Waals surface area contributed by atoms with Gasteiger partial charge >= 0.3 is 5.97 Å². The van der Waals surface area contributed by atoms with E-state index in [4.69, 9.17) is 25.8 Å². The van der Waals surface area contributed by atoms with Crippen molar-refractivity contribution in [3.05, 3.63) is 53.6 Å². The molecule has 27 heavy (non-hydrogen) atoms. The molecular weight excluding hydrogens is 394 g/mol. The molecule has 0 aliphatic heterocycles. The Morgan fingerprint density at radius 1 is 0.963 bits per heavy atom. The molecule has 0 heterocycles. The Hall–Kier alpha value is -2.29. The molecule has 0 atom stereocenters. The molecule has 0 unspecified atom stereocenters. The van der Waals surface area contributed by atoms with Gasteiger partial charge in [0.1, 0.15) is 31.3 Å². The van der Waals surface area contributed by atoms with Gasteiger partial charge < -0.3 is 14.2 Å². The molecule has 7 nitrogen and oxygen atoms in total. The van der Waals surface area contributed by atoms with E-state index in [1.807, 2.05) is 6.92 Å². The van der Waals surface area contributed by atoms with Crippen LogP contribution in [0.2, 0.25) is 5.02 Å². The average molecular weight is 414 g/mol. The Labute approximate surface area is 163 Å². The normalized spacial score (nSPS) is 11.0. The van der Waals surface area contributed by atoms with E-state index in [0.29, 0.717) is 23.1 Å². The molecule has 0 aromatic heterocycles. The van der Waals surface area contributed by atoms with Crippen molar-refractivity contribution < 1.29 is 27.4 Å². The molecule has 2 aromatic carbocycles. The maximum atomic E-state index is 12.2. The van der Waals surface area contributed by atoms with E-state index in [9.17, 15) is 13.2 Å². The summed E-state index contributed by atoms with van der Waals surface area (Å²) < 4.78 is 42.1. The lowest BCUT2D eigenvalue weighted by Crippen LogP contribution is -2.31. The number of hydrogen-bond acceptors (Lipinski definition) is 6. The van der Waals surface area contributed by atoms with Gasteiger partial charge in [0, 0.05) is 5.02 Å². The average Bonchev–Trinajstić information content (AvgIpc) is 2.66. The van der Waals surface area contributed by atoms with Gasteiger partial charge in [0.25, 0.3) is 0 Å². The molecule has 0 aliphatic carbocycles. The number of esters is 1. The molecule has 0 aliphatic rings. The largest absolute Gasteiger partial charge is 0.494 e. The van der Waals surface area contributed by atoms with Crippen LogP contribution in [-0.4, -0.2) is 40.8 Å². The summed E-state index contributed by atoms with van der Waals surface area (Å²) in [5, 5.41) is 0.591. The highest BCUT2D eigenvalue weighted by Gasteiger charge is 2.16. The Balaban J connectivity index is 1.72. The van der Waals surface area contributed by atoms with Crippen LogP contribution in [0.3, 0.4) is 0 Å². The van der Waals surface area contributed by atoms with Gasteiger partial charge in [-0.2, -0.15) is 4.72 Å². The SMILES string of the molecule is CCOc1ccc(S(=O)(=O)NCC(=O)OCCOc2ccc(Cl)cc2)cc1. The topological polar surface area (TPSA) is 90.9 Å². The number of benzene rings is 2. The van der Waals surface area contributed by atoms with E-state index in [2.05, 4.69) is 4.72 Å². The quantitative estimate of drug-likeness (QED) is 0.475. The molecule has 0 fully saturated rings. The van der Waals surface area contributed by atoms with E-state index < -0.39 is 22.5 Å². The first-order valence-electron chi connectivity index (χ1n) is 8.17. The van der Waals surface area contributed by atoms with Crippen LogP contribution >= 0.6 is 11.6 Å². The molecule has 146 valence electrons. The van der Waals surface area contributed by atoms with Crippen LogP contribution in [0.4, 0.5) is 0 Å². The number of halogens is 1. The van der Waals surface area contributed by atoms with Crippen LogP contribution in [-0.2, 0) is 19.6 Å². The Bertz CT molecular complexity index is 837. The minimum absolute atomic E-state index is 0.00770. The van der Waals surface area contributed by atoms with E-state index in [-0.39, 0.29) is 18.1 Å². The van der Waals surface area contributed by atoms with Crippen LogP contribution in [0.1, 0.15) is 6.92 Å². The van der Waals surface area contributed by atoms with E-state index in [0.717, 1.165) is 0 Å². The molecule has 1 N–H and O–H groups in total. The molecule has 2 rings (SSSR count). The van der Waals surface area contributed by atoms with Gasteiger partial charge in [0.15, 0.2) is 0 Å². The van der Waals surface area contributed by atoms with Crippen molar-refractivity contribution in [2.24, 2.45) is 0 Å². The highest BCUT2D eigenvalue weighted by molar-refractivity contribution is 7.89. The van der Waals surface area contributed by atoms with Gasteiger partial charge in [0.2, 0.25) is 10.0 Å². The predicted molar refractivity (Wildman–Crippen MR) is 101 cm³/mol. The zero-order chi connectivity index (χ0) is 19.7. The van der Waals surface area contributed by atoms with Crippen molar-refractivity contribution in [1.29, 1.82) is 0 Å². The smallest absolute Gasteiger partial charge is 0.321 e. The number of ether oxygens (including phenoxy) is 3. The van der Waals surface area contributed by atoms with Crippen molar-refractivity contribution in [1.82, 2.24) is 4.72 Å². The summed E-state index contributed by atoms with van der Waals surface area (Å²) in [6.07, 6.45) is 0. The van der Waals surface area contributed by atoms with Gasteiger partial charge in [-0.05, 0) is 55.5 Å². The Kier molecular flexibility index (Phi) is 7.90. The Morgan fingerprint density at radius 2 is 1.56 bits per heavy atom. The second-order valence-corrected chi connectivity index (χ2v) is 7.46. The van der Waals surface area contributed by atoms with Crippen molar-refractivity contribution >= 4 is 27.6 Å². The van der Waals surface area contributed by atoms with Gasteiger partial charge in [-0.3, -0.25) is 4.79 Å². The fraction of sp³-hybridized carbons (Fsp3) is 0.278. The van der Waals surface area contributed by atoms with Crippen LogP contribution in [0, 0.1) is 0 Å². The van der Waals surface area contributed by atoms with Gasteiger partial charge in [-0.15, -0.1) is 0 Å². The lowest BCUT2D eigenvalue weighted by Gasteiger charge is -2.09. The third kappa shape index (κ3) is 7.09. The number of carbonyl (C=O) groups is 1. The first kappa shape index (κ1) is 21.0. The van der Waals surface area contributed by atoms with Crippen LogP contribution in [0.5, 0.6) is 11.5 Å². The van der Waals surface area contributed by atoms with E-state index in [1.54, 1.807) is 36.4 Å². The monoisotopic (exact) mass is 413 g/mol. The number of rotatable bonds is 10. The summed E-state index contributed by atoms with van der Waals surface area (Å²) in [6.45, 7) is 1.97. The lowest BCUT2D eigenvalue weighted by atomic mass is 10.3. The molecule has 0 saturated carbocycles. The molecular formula is C18H20ClNO6S. The van der Waals surface area contributed by atoms with Crippen molar-refractivity contribution in [3.63, 3.8) is 0 Å². The zero-order valence-corrected chi connectivity index (χ0v) is 16.3. The van der Waals surface area contributed by atoms with Crippen LogP contribution in [0.15, 0.2) is 53.4 Å². The first-order valence-corrected chi connectivity index (χ1v) is 10.0. The molecule has 0 bridgehead atoms. The van der Waals surface area contributed by atoms with Crippen molar-refractivity contribution in [2.75, 3.05) is 26.4 Å². The van der Waals surface area contributed by atoms with Crippen LogP contribution in [0.25, 0.3) is 0 Å². The molecule has 0 saturated heterocycles. The molecule has 0 radical (unpaired) electrons. The summed E-state index contributed by atoms with van der Waals surface area (Å²) in [4.78, 5) is 11.7. The van der Waals surface area contributed by atoms with Gasteiger partial charge in [-0.1, -0.05) is 11.6 Å². The highest BCUT2D eigenvalue weighted by atomic mass is 35.5. The second-order valence-electron chi connectivity index (χ2n) is 5.25. The van der Waals surface area contributed by atoms with Crippen molar-refractivity contribution in [2.45, 2.75) is 11.8 Å². The van der Waals surface area contributed by atoms with Gasteiger partial charge in [-0.25, -0.2) is 8.42 Å². The van der Waals surface area contributed by atoms with Gasteiger partial charge in [0.05, 0.1) is 11.5 Å². The fourth-order valence-electron chi connectivity index (χ4n) is 2.02. The van der Waals surface area contributed by atoms with E-state index >= 15 is 0 Å². The number of carbonyl (C=O) groups excluding carboxylic acids is 1. The number of sulfonamides is 1. The summed E-state index contributed by atoms with van der Waals surface area (Å²) in [7, 11) is -3.81. The summed E-state index contributed by atoms with van der Waals surface area (Å²) in [6, 6.07) is 12.6. The van der Waals surface area contributed by atoms with Crippen LogP contribution < -0.4 is 14.2 Å². The summed E-state index contributed by atoms with van der Waals surface area (Å²) >= 11 is 5.76. The minimum atomic E-state index is -3.81. The summed E-state index contributed by atoms with van der Waals surface area (Å²) in [5.41, 5.74) is 0. The predicted octanol–water partition coefficient (Wildman–Crippen LogP) is 2.64. The Morgan fingerprint density at radius 3 is 2.19 bits per heavy atom. The third-order valence-electron chi connectivity index (χ3n) is 3.28. The fourth-order valence-corrected chi connectivity index (χ4v) is 3.11. The summed E-state index contributed by atoms with van der Waals surface area (Å²) in [5.74, 6) is 0.451. The highest BCUT2D eigenvalue weighted by Crippen LogP contribution is 2.16. The number of hydrogen-bond donors (Lipinski definition) is 1.